The fraction of sp³-hybridized carbons (Fsp3) is 0.143. The van der Waals surface area contributed by atoms with Gasteiger partial charge in [0, 0.05) is 12.1 Å². The van der Waals surface area contributed by atoms with Crippen LogP contribution >= 0.6 is 27.5 Å². The Hall–Kier alpha value is -0.810. The van der Waals surface area contributed by atoms with Crippen LogP contribution in [0.1, 0.15) is 0 Å². The third-order valence-corrected chi connectivity index (χ3v) is 2.35. The third kappa shape index (κ3) is 2.10. The van der Waals surface area contributed by atoms with Crippen LogP contribution in [-0.2, 0) is 0 Å². The minimum atomic E-state index is -0.518. The second kappa shape index (κ2) is 3.93. The molecule has 1 aromatic rings. The van der Waals surface area contributed by atoms with Crippen molar-refractivity contribution >= 4 is 33.2 Å². The maximum absolute atomic E-state index is 10.4. The SMILES string of the molecule is COc1cc(Br)c([N+](=O)[O-])cc1Cl. The lowest BCUT2D eigenvalue weighted by Gasteiger charge is -2.03. The predicted molar refractivity (Wildman–Crippen MR) is 52.4 cm³/mol. The Morgan fingerprint density at radius 1 is 1.62 bits per heavy atom. The van der Waals surface area contributed by atoms with Crippen molar-refractivity contribution in [2.24, 2.45) is 0 Å². The standard InChI is InChI=1S/C7H5BrClNO3/c1-13-7-2-4(8)6(10(11)12)3-5(7)9/h2-3H,1H3. The first-order chi connectivity index (χ1) is 6.06. The van der Waals surface area contributed by atoms with Crippen molar-refractivity contribution in [3.05, 3.63) is 31.7 Å². The van der Waals surface area contributed by atoms with Gasteiger partial charge in [-0.25, -0.2) is 0 Å². The van der Waals surface area contributed by atoms with Crippen molar-refractivity contribution in [2.75, 3.05) is 7.11 Å². The second-order valence-electron chi connectivity index (χ2n) is 2.20. The molecule has 1 rings (SSSR count). The molecule has 70 valence electrons. The van der Waals surface area contributed by atoms with Gasteiger partial charge in [0.2, 0.25) is 0 Å². The molecule has 4 nitrogen and oxygen atoms in total. The van der Waals surface area contributed by atoms with Crippen molar-refractivity contribution in [1.82, 2.24) is 0 Å². The normalized spacial score (nSPS) is 9.77. The Bertz CT molecular complexity index is 356. The number of halogens is 2. The zero-order valence-corrected chi connectivity index (χ0v) is 8.92. The molecule has 0 heterocycles. The molecule has 0 fully saturated rings. The third-order valence-electron chi connectivity index (χ3n) is 1.42. The molecule has 0 bridgehead atoms. The molecule has 0 radical (unpaired) electrons. The molecule has 0 aromatic heterocycles. The summed E-state index contributed by atoms with van der Waals surface area (Å²) in [5.41, 5.74) is -0.0780. The van der Waals surface area contributed by atoms with Crippen molar-refractivity contribution < 1.29 is 9.66 Å². The summed E-state index contributed by atoms with van der Waals surface area (Å²) in [7, 11) is 1.44. The Balaban J connectivity index is 3.28. The minimum Gasteiger partial charge on any atom is -0.495 e. The van der Waals surface area contributed by atoms with Gasteiger partial charge in [-0.1, -0.05) is 11.6 Å². The van der Waals surface area contributed by atoms with Gasteiger partial charge in [0.1, 0.15) is 5.75 Å². The van der Waals surface area contributed by atoms with Gasteiger partial charge in [-0.05, 0) is 15.9 Å². The Morgan fingerprint density at radius 3 is 2.69 bits per heavy atom. The average Bonchev–Trinajstić information content (AvgIpc) is 2.07. The molecule has 0 saturated heterocycles. The van der Waals surface area contributed by atoms with E-state index < -0.39 is 4.92 Å². The molecular weight excluding hydrogens is 261 g/mol. The number of ether oxygens (including phenoxy) is 1. The van der Waals surface area contributed by atoms with Gasteiger partial charge < -0.3 is 4.74 Å². The summed E-state index contributed by atoms with van der Waals surface area (Å²) in [6.45, 7) is 0. The molecule has 0 N–H and O–H groups in total. The average molecular weight is 266 g/mol. The van der Waals surface area contributed by atoms with Crippen LogP contribution < -0.4 is 4.74 Å². The summed E-state index contributed by atoms with van der Waals surface area (Å²) >= 11 is 8.74. The molecule has 0 aliphatic carbocycles. The van der Waals surface area contributed by atoms with E-state index in [2.05, 4.69) is 15.9 Å². The van der Waals surface area contributed by atoms with Crippen LogP contribution in [0, 0.1) is 10.1 Å². The molecule has 0 amide bonds. The van der Waals surface area contributed by atoms with Crippen molar-refractivity contribution in [3.63, 3.8) is 0 Å². The Labute approximate surface area is 87.7 Å². The summed E-state index contributed by atoms with van der Waals surface area (Å²) in [5.74, 6) is 0.402. The largest absolute Gasteiger partial charge is 0.495 e. The summed E-state index contributed by atoms with van der Waals surface area (Å²) in [6, 6.07) is 2.70. The molecule has 0 atom stereocenters. The summed E-state index contributed by atoms with van der Waals surface area (Å²) in [6.07, 6.45) is 0. The van der Waals surface area contributed by atoms with Crippen molar-refractivity contribution in [2.45, 2.75) is 0 Å². The first kappa shape index (κ1) is 10.3. The number of hydrogen-bond acceptors (Lipinski definition) is 3. The number of benzene rings is 1. The van der Waals surface area contributed by atoms with Crippen molar-refractivity contribution in [3.8, 4) is 5.75 Å². The monoisotopic (exact) mass is 265 g/mol. The molecule has 6 heteroatoms. The quantitative estimate of drug-likeness (QED) is 0.611. The summed E-state index contributed by atoms with van der Waals surface area (Å²) in [4.78, 5) is 9.93. The maximum Gasteiger partial charge on any atom is 0.285 e. The number of rotatable bonds is 2. The zero-order valence-electron chi connectivity index (χ0n) is 6.58. The Kier molecular flexibility index (Phi) is 3.11. The van der Waals surface area contributed by atoms with E-state index in [1.54, 1.807) is 0 Å². The summed E-state index contributed by atoms with van der Waals surface area (Å²) < 4.78 is 5.22. The highest BCUT2D eigenvalue weighted by molar-refractivity contribution is 9.10. The molecule has 0 aliphatic heterocycles. The molecule has 1 aromatic carbocycles. The fourth-order valence-corrected chi connectivity index (χ4v) is 1.52. The van der Waals surface area contributed by atoms with E-state index in [-0.39, 0.29) is 10.7 Å². The van der Waals surface area contributed by atoms with Crippen LogP contribution in [0.2, 0.25) is 5.02 Å². The predicted octanol–water partition coefficient (Wildman–Crippen LogP) is 3.02. The van der Waals surface area contributed by atoms with E-state index >= 15 is 0 Å². The van der Waals surface area contributed by atoms with Gasteiger partial charge in [0.25, 0.3) is 5.69 Å². The van der Waals surface area contributed by atoms with E-state index in [4.69, 9.17) is 16.3 Å². The van der Waals surface area contributed by atoms with E-state index in [0.29, 0.717) is 10.2 Å². The van der Waals surface area contributed by atoms with Gasteiger partial charge >= 0.3 is 0 Å². The van der Waals surface area contributed by atoms with Crippen LogP contribution in [0.4, 0.5) is 5.69 Å². The minimum absolute atomic E-state index is 0.0780. The number of methoxy groups -OCH3 is 1. The highest BCUT2D eigenvalue weighted by atomic mass is 79.9. The van der Waals surface area contributed by atoms with Crippen LogP contribution in [0.25, 0.3) is 0 Å². The van der Waals surface area contributed by atoms with E-state index in [0.717, 1.165) is 0 Å². The second-order valence-corrected chi connectivity index (χ2v) is 3.46. The van der Waals surface area contributed by atoms with Crippen LogP contribution in [0.3, 0.4) is 0 Å². The molecule has 0 unspecified atom stereocenters. The van der Waals surface area contributed by atoms with E-state index in [9.17, 15) is 10.1 Å². The van der Waals surface area contributed by atoms with Gasteiger partial charge in [-0.15, -0.1) is 0 Å². The number of nitro groups is 1. The van der Waals surface area contributed by atoms with Gasteiger partial charge in [0.15, 0.2) is 0 Å². The highest BCUT2D eigenvalue weighted by Gasteiger charge is 2.15. The first-order valence-electron chi connectivity index (χ1n) is 3.23. The molecule has 0 saturated carbocycles. The van der Waals surface area contributed by atoms with E-state index in [1.165, 1.54) is 19.2 Å². The van der Waals surface area contributed by atoms with Crippen molar-refractivity contribution in [1.29, 1.82) is 0 Å². The lowest BCUT2D eigenvalue weighted by atomic mass is 10.3. The van der Waals surface area contributed by atoms with Crippen LogP contribution in [-0.4, -0.2) is 12.0 Å². The zero-order chi connectivity index (χ0) is 10.0. The van der Waals surface area contributed by atoms with Gasteiger partial charge in [0.05, 0.1) is 21.5 Å². The fourth-order valence-electron chi connectivity index (χ4n) is 0.814. The number of nitrogens with zero attached hydrogens (tertiary/aromatic N) is 1. The Morgan fingerprint density at radius 2 is 2.23 bits per heavy atom. The van der Waals surface area contributed by atoms with E-state index in [1.807, 2.05) is 0 Å². The topological polar surface area (TPSA) is 52.4 Å². The van der Waals surface area contributed by atoms with Crippen LogP contribution in [0.15, 0.2) is 16.6 Å². The molecular formula is C7H5BrClNO3. The maximum atomic E-state index is 10.4. The first-order valence-corrected chi connectivity index (χ1v) is 4.40. The smallest absolute Gasteiger partial charge is 0.285 e. The molecule has 0 spiro atoms. The highest BCUT2D eigenvalue weighted by Crippen LogP contribution is 2.35. The molecule has 0 aliphatic rings. The van der Waals surface area contributed by atoms with Crippen LogP contribution in [0.5, 0.6) is 5.75 Å². The summed E-state index contributed by atoms with van der Waals surface area (Å²) in [5, 5.41) is 10.7. The lowest BCUT2D eigenvalue weighted by Crippen LogP contribution is -1.91. The lowest BCUT2D eigenvalue weighted by molar-refractivity contribution is -0.385. The van der Waals surface area contributed by atoms with Gasteiger partial charge in [-0.3, -0.25) is 10.1 Å². The molecule has 13 heavy (non-hydrogen) atoms. The number of hydrogen-bond donors (Lipinski definition) is 0. The van der Waals surface area contributed by atoms with Gasteiger partial charge in [-0.2, -0.15) is 0 Å². The number of nitro benzene ring substituents is 1.